The molecule has 0 aliphatic heterocycles. The van der Waals surface area contributed by atoms with Gasteiger partial charge in [-0.05, 0) is 5.92 Å². The predicted octanol–water partition coefficient (Wildman–Crippen LogP) is 1.50. The van der Waals surface area contributed by atoms with E-state index in [1.807, 2.05) is 0 Å². The van der Waals surface area contributed by atoms with E-state index < -0.39 is 23.0 Å². The Morgan fingerprint density at radius 2 is 1.95 bits per heavy atom. The molecule has 0 saturated heterocycles. The summed E-state index contributed by atoms with van der Waals surface area (Å²) < 4.78 is 0. The van der Waals surface area contributed by atoms with Gasteiger partial charge in [0.1, 0.15) is 6.04 Å². The van der Waals surface area contributed by atoms with Crippen LogP contribution in [0.15, 0.2) is 24.3 Å². The van der Waals surface area contributed by atoms with Crippen molar-refractivity contribution in [2.45, 2.75) is 26.4 Å². The lowest BCUT2D eigenvalue weighted by atomic mass is 10.1. The van der Waals surface area contributed by atoms with Crippen molar-refractivity contribution in [1.29, 1.82) is 0 Å². The second-order valence-corrected chi connectivity index (χ2v) is 4.77. The van der Waals surface area contributed by atoms with E-state index >= 15 is 0 Å². The fourth-order valence-electron chi connectivity index (χ4n) is 1.72. The molecule has 1 atom stereocenters. The van der Waals surface area contributed by atoms with E-state index in [1.54, 1.807) is 19.9 Å². The molecule has 1 aromatic rings. The zero-order chi connectivity index (χ0) is 16.0. The lowest BCUT2D eigenvalue weighted by Gasteiger charge is -2.18. The second kappa shape index (κ2) is 7.22. The molecule has 0 aliphatic rings. The van der Waals surface area contributed by atoms with Crippen molar-refractivity contribution in [3.05, 3.63) is 39.9 Å². The van der Waals surface area contributed by atoms with E-state index in [2.05, 4.69) is 10.6 Å². The molecule has 21 heavy (non-hydrogen) atoms. The van der Waals surface area contributed by atoms with Crippen LogP contribution in [0.25, 0.3) is 0 Å². The van der Waals surface area contributed by atoms with Gasteiger partial charge in [-0.1, -0.05) is 32.0 Å². The van der Waals surface area contributed by atoms with Gasteiger partial charge in [-0.2, -0.15) is 0 Å². The second-order valence-electron chi connectivity index (χ2n) is 4.77. The topological polar surface area (TPSA) is 122 Å². The molecular weight excluding hydrogens is 278 g/mol. The lowest BCUT2D eigenvalue weighted by molar-refractivity contribution is -0.385. The van der Waals surface area contributed by atoms with Crippen molar-refractivity contribution in [2.24, 2.45) is 5.92 Å². The molecule has 8 nitrogen and oxygen atoms in total. The SMILES string of the molecule is CC(C)C(NC(=O)NCc1ccccc1[N+](=O)[O-])C(=O)O. The average Bonchev–Trinajstić information content (AvgIpc) is 2.42. The lowest BCUT2D eigenvalue weighted by Crippen LogP contribution is -2.48. The minimum atomic E-state index is -1.13. The largest absolute Gasteiger partial charge is 0.480 e. The molecule has 0 heterocycles. The van der Waals surface area contributed by atoms with Gasteiger partial charge in [-0.15, -0.1) is 0 Å². The summed E-state index contributed by atoms with van der Waals surface area (Å²) in [5.41, 5.74) is 0.241. The number of nitrogens with zero attached hydrogens (tertiary/aromatic N) is 1. The molecule has 0 fully saturated rings. The third-order valence-electron chi connectivity index (χ3n) is 2.85. The number of urea groups is 1. The number of nitro benzene ring substituents is 1. The third kappa shape index (κ3) is 4.75. The van der Waals surface area contributed by atoms with Crippen LogP contribution in [0.2, 0.25) is 0 Å². The molecule has 0 aliphatic carbocycles. The highest BCUT2D eigenvalue weighted by Gasteiger charge is 2.23. The molecule has 0 bridgehead atoms. The molecular formula is C13H17N3O5. The molecule has 0 saturated carbocycles. The summed E-state index contributed by atoms with van der Waals surface area (Å²) in [7, 11) is 0. The van der Waals surface area contributed by atoms with Gasteiger partial charge in [0, 0.05) is 11.6 Å². The number of rotatable bonds is 6. The first-order chi connectivity index (χ1) is 9.82. The van der Waals surface area contributed by atoms with Crippen molar-refractivity contribution < 1.29 is 19.6 Å². The summed E-state index contributed by atoms with van der Waals surface area (Å²) >= 11 is 0. The molecule has 0 radical (unpaired) electrons. The van der Waals surface area contributed by atoms with Gasteiger partial charge in [-0.3, -0.25) is 10.1 Å². The number of nitro groups is 1. The van der Waals surface area contributed by atoms with E-state index in [0.29, 0.717) is 5.56 Å². The summed E-state index contributed by atoms with van der Waals surface area (Å²) in [6, 6.07) is 4.31. The minimum Gasteiger partial charge on any atom is -0.480 e. The normalized spacial score (nSPS) is 11.8. The van der Waals surface area contributed by atoms with Crippen molar-refractivity contribution in [1.82, 2.24) is 10.6 Å². The van der Waals surface area contributed by atoms with Crippen LogP contribution in [0.5, 0.6) is 0 Å². The summed E-state index contributed by atoms with van der Waals surface area (Å²) in [5, 5.41) is 24.5. The van der Waals surface area contributed by atoms with Crippen molar-refractivity contribution >= 4 is 17.7 Å². The number of hydrogen-bond donors (Lipinski definition) is 3. The zero-order valence-corrected chi connectivity index (χ0v) is 11.7. The molecule has 0 aromatic heterocycles. The van der Waals surface area contributed by atoms with Crippen LogP contribution in [0.1, 0.15) is 19.4 Å². The number of amides is 2. The van der Waals surface area contributed by atoms with Gasteiger partial charge in [0.25, 0.3) is 5.69 Å². The maximum absolute atomic E-state index is 11.7. The first-order valence-electron chi connectivity index (χ1n) is 6.32. The van der Waals surface area contributed by atoms with Gasteiger partial charge >= 0.3 is 12.0 Å². The average molecular weight is 295 g/mol. The maximum atomic E-state index is 11.7. The molecule has 1 aromatic carbocycles. The molecule has 8 heteroatoms. The highest BCUT2D eigenvalue weighted by Crippen LogP contribution is 2.17. The molecule has 0 spiro atoms. The number of aliphatic carboxylic acids is 1. The smallest absolute Gasteiger partial charge is 0.326 e. The number of carboxylic acids is 1. The van der Waals surface area contributed by atoms with Crippen LogP contribution in [0, 0.1) is 16.0 Å². The number of carbonyl (C=O) groups is 2. The predicted molar refractivity (Wildman–Crippen MR) is 74.7 cm³/mol. The Balaban J connectivity index is 2.65. The maximum Gasteiger partial charge on any atom is 0.326 e. The van der Waals surface area contributed by atoms with Gasteiger partial charge in [-0.25, -0.2) is 9.59 Å². The van der Waals surface area contributed by atoms with E-state index in [-0.39, 0.29) is 18.2 Å². The molecule has 114 valence electrons. The minimum absolute atomic E-state index is 0.0621. The highest BCUT2D eigenvalue weighted by molar-refractivity contribution is 5.82. The fourth-order valence-corrected chi connectivity index (χ4v) is 1.72. The summed E-state index contributed by atoms with van der Waals surface area (Å²) in [5.74, 6) is -1.41. The standard InChI is InChI=1S/C13H17N3O5/c1-8(2)11(12(17)18)15-13(19)14-7-9-5-3-4-6-10(9)16(20)21/h3-6,8,11H,7H2,1-2H3,(H,17,18)(H2,14,15,19). The Hall–Kier alpha value is -2.64. The Morgan fingerprint density at radius 1 is 1.33 bits per heavy atom. The molecule has 3 N–H and O–H groups in total. The third-order valence-corrected chi connectivity index (χ3v) is 2.85. The molecule has 1 rings (SSSR count). The Labute approximate surface area is 121 Å². The number of nitrogens with one attached hydrogen (secondary N) is 2. The Kier molecular flexibility index (Phi) is 5.65. The monoisotopic (exact) mass is 295 g/mol. The van der Waals surface area contributed by atoms with Gasteiger partial charge in [0.05, 0.1) is 11.5 Å². The molecule has 1 unspecified atom stereocenters. The number of benzene rings is 1. The van der Waals surface area contributed by atoms with E-state index in [9.17, 15) is 19.7 Å². The van der Waals surface area contributed by atoms with Crippen LogP contribution >= 0.6 is 0 Å². The van der Waals surface area contributed by atoms with Crippen LogP contribution in [-0.2, 0) is 11.3 Å². The quantitative estimate of drug-likeness (QED) is 0.542. The van der Waals surface area contributed by atoms with Crippen molar-refractivity contribution in [3.63, 3.8) is 0 Å². The summed E-state index contributed by atoms with van der Waals surface area (Å²) in [4.78, 5) is 32.9. The Morgan fingerprint density at radius 3 is 2.48 bits per heavy atom. The van der Waals surface area contributed by atoms with E-state index in [1.165, 1.54) is 18.2 Å². The van der Waals surface area contributed by atoms with Gasteiger partial charge in [0.15, 0.2) is 0 Å². The number of para-hydroxylation sites is 1. The van der Waals surface area contributed by atoms with Crippen LogP contribution in [0.4, 0.5) is 10.5 Å². The van der Waals surface area contributed by atoms with Crippen LogP contribution < -0.4 is 10.6 Å². The van der Waals surface area contributed by atoms with Crippen LogP contribution in [0.3, 0.4) is 0 Å². The van der Waals surface area contributed by atoms with Crippen molar-refractivity contribution in [3.8, 4) is 0 Å². The number of carboxylic acid groups (broad SMARTS) is 1. The zero-order valence-electron chi connectivity index (χ0n) is 11.7. The molecule has 2 amide bonds. The van der Waals surface area contributed by atoms with Gasteiger partial charge < -0.3 is 15.7 Å². The fraction of sp³-hybridized carbons (Fsp3) is 0.385. The van der Waals surface area contributed by atoms with E-state index in [4.69, 9.17) is 5.11 Å². The first kappa shape index (κ1) is 16.4. The van der Waals surface area contributed by atoms with E-state index in [0.717, 1.165) is 0 Å². The van der Waals surface area contributed by atoms with Crippen LogP contribution in [-0.4, -0.2) is 28.1 Å². The Bertz CT molecular complexity index is 544. The summed E-state index contributed by atoms with van der Waals surface area (Å²) in [6.45, 7) is 3.27. The highest BCUT2D eigenvalue weighted by atomic mass is 16.6. The summed E-state index contributed by atoms with van der Waals surface area (Å²) in [6.07, 6.45) is 0. The first-order valence-corrected chi connectivity index (χ1v) is 6.32. The number of hydrogen-bond acceptors (Lipinski definition) is 4. The van der Waals surface area contributed by atoms with Crippen molar-refractivity contribution in [2.75, 3.05) is 0 Å². The van der Waals surface area contributed by atoms with Gasteiger partial charge in [0.2, 0.25) is 0 Å². The number of carbonyl (C=O) groups excluding carboxylic acids is 1.